The molecule has 24 heavy (non-hydrogen) atoms. The molecule has 2 rings (SSSR count). The average molecular weight is 373 g/mol. The summed E-state index contributed by atoms with van der Waals surface area (Å²) in [5.41, 5.74) is 0.450. The summed E-state index contributed by atoms with van der Waals surface area (Å²) >= 11 is 0. The highest BCUT2D eigenvalue weighted by Gasteiger charge is 2.30. The monoisotopic (exact) mass is 372 g/mol. The lowest BCUT2D eigenvalue weighted by molar-refractivity contribution is 0.252. The molecule has 0 heterocycles. The van der Waals surface area contributed by atoms with Crippen LogP contribution in [0.25, 0.3) is 0 Å². The van der Waals surface area contributed by atoms with Crippen molar-refractivity contribution in [3.05, 3.63) is 24.3 Å². The van der Waals surface area contributed by atoms with Crippen LogP contribution in [0.3, 0.4) is 0 Å². The zero-order valence-corrected chi connectivity index (χ0v) is 15.4. The molecule has 1 aliphatic rings. The molecule has 8 heteroatoms. The lowest BCUT2D eigenvalue weighted by Crippen LogP contribution is -2.30. The van der Waals surface area contributed by atoms with Gasteiger partial charge in [-0.05, 0) is 37.5 Å². The van der Waals surface area contributed by atoms with E-state index in [1.165, 1.54) is 6.07 Å². The standard InChI is InChI=1S/C16H24N2O4S2/c1-23(20)11-5-10-17-16(19)18-13-6-4-9-15(12-13)24(21,22)14-7-2-3-8-14/h4,6,9,12,14H,2-3,5,7-8,10-11H2,1H3,(H2,17,18,19). The van der Waals surface area contributed by atoms with Crippen molar-refractivity contribution in [3.8, 4) is 0 Å². The summed E-state index contributed by atoms with van der Waals surface area (Å²) in [6, 6.07) is 5.99. The number of anilines is 1. The lowest BCUT2D eigenvalue weighted by Gasteiger charge is -2.13. The molecule has 0 spiro atoms. The Morgan fingerprint density at radius 3 is 2.67 bits per heavy atom. The second-order valence-corrected chi connectivity index (χ2v) is 9.77. The predicted octanol–water partition coefficient (Wildman–Crippen LogP) is 2.29. The largest absolute Gasteiger partial charge is 0.338 e. The van der Waals surface area contributed by atoms with Crippen LogP contribution < -0.4 is 10.6 Å². The van der Waals surface area contributed by atoms with Gasteiger partial charge in [0.15, 0.2) is 9.84 Å². The Morgan fingerprint density at radius 1 is 1.29 bits per heavy atom. The molecule has 0 saturated heterocycles. The topological polar surface area (TPSA) is 92.3 Å². The van der Waals surface area contributed by atoms with Gasteiger partial charge < -0.3 is 10.6 Å². The first kappa shape index (κ1) is 18.9. The Hall–Kier alpha value is -1.41. The highest BCUT2D eigenvalue weighted by molar-refractivity contribution is 7.92. The Kier molecular flexibility index (Phi) is 6.79. The third-order valence-corrected chi connectivity index (χ3v) is 7.18. The van der Waals surface area contributed by atoms with Crippen molar-refractivity contribution >= 4 is 32.4 Å². The molecule has 2 amide bonds. The van der Waals surface area contributed by atoms with Gasteiger partial charge in [0.1, 0.15) is 0 Å². The van der Waals surface area contributed by atoms with Crippen LogP contribution in [0.4, 0.5) is 10.5 Å². The number of nitrogens with one attached hydrogen (secondary N) is 2. The zero-order valence-electron chi connectivity index (χ0n) is 13.8. The molecular weight excluding hydrogens is 348 g/mol. The summed E-state index contributed by atoms with van der Waals surface area (Å²) in [7, 11) is -4.20. The molecule has 0 radical (unpaired) electrons. The van der Waals surface area contributed by atoms with E-state index in [0.29, 0.717) is 37.2 Å². The van der Waals surface area contributed by atoms with Crippen molar-refractivity contribution < 1.29 is 17.4 Å². The fourth-order valence-electron chi connectivity index (χ4n) is 2.79. The van der Waals surface area contributed by atoms with Gasteiger partial charge in [0.05, 0.1) is 10.1 Å². The number of carbonyl (C=O) groups is 1. The molecule has 1 aromatic rings. The van der Waals surface area contributed by atoms with Gasteiger partial charge in [0, 0.05) is 35.0 Å². The van der Waals surface area contributed by atoms with E-state index in [1.807, 2.05) is 0 Å². The highest BCUT2D eigenvalue weighted by Crippen LogP contribution is 2.30. The van der Waals surface area contributed by atoms with E-state index in [4.69, 9.17) is 0 Å². The molecule has 1 fully saturated rings. The lowest BCUT2D eigenvalue weighted by atomic mass is 10.3. The molecule has 0 bridgehead atoms. The molecule has 6 nitrogen and oxygen atoms in total. The summed E-state index contributed by atoms with van der Waals surface area (Å²) in [4.78, 5) is 12.1. The molecule has 1 aromatic carbocycles. The van der Waals surface area contributed by atoms with E-state index in [0.717, 1.165) is 12.8 Å². The van der Waals surface area contributed by atoms with E-state index in [9.17, 15) is 17.4 Å². The molecule has 1 atom stereocenters. The smallest absolute Gasteiger partial charge is 0.319 e. The number of hydrogen-bond acceptors (Lipinski definition) is 4. The van der Waals surface area contributed by atoms with Gasteiger partial charge in [-0.1, -0.05) is 18.9 Å². The quantitative estimate of drug-likeness (QED) is 0.718. The number of amides is 2. The van der Waals surface area contributed by atoms with Gasteiger partial charge in [-0.15, -0.1) is 0 Å². The second kappa shape index (κ2) is 8.62. The molecule has 1 unspecified atom stereocenters. The van der Waals surface area contributed by atoms with Crippen molar-refractivity contribution in [2.24, 2.45) is 0 Å². The summed E-state index contributed by atoms with van der Waals surface area (Å²) in [5, 5.41) is 5.00. The second-order valence-electron chi connectivity index (χ2n) is 5.99. The maximum Gasteiger partial charge on any atom is 0.319 e. The molecule has 134 valence electrons. The van der Waals surface area contributed by atoms with Crippen molar-refractivity contribution in [3.63, 3.8) is 0 Å². The fourth-order valence-corrected chi connectivity index (χ4v) is 5.24. The third kappa shape index (κ3) is 5.31. The third-order valence-electron chi connectivity index (χ3n) is 4.06. The van der Waals surface area contributed by atoms with Crippen LogP contribution in [0.5, 0.6) is 0 Å². The summed E-state index contributed by atoms with van der Waals surface area (Å²) < 4.78 is 36.1. The molecule has 1 saturated carbocycles. The molecule has 2 N–H and O–H groups in total. The van der Waals surface area contributed by atoms with Crippen LogP contribution >= 0.6 is 0 Å². The van der Waals surface area contributed by atoms with Gasteiger partial charge in [0.2, 0.25) is 0 Å². The normalized spacial score (nSPS) is 16.7. The number of hydrogen-bond donors (Lipinski definition) is 2. The minimum atomic E-state index is -3.33. The summed E-state index contributed by atoms with van der Waals surface area (Å²) in [6.07, 6.45) is 5.57. The maximum absolute atomic E-state index is 12.6. The Labute approximate surface area is 145 Å². The van der Waals surface area contributed by atoms with Crippen LogP contribution in [0.2, 0.25) is 0 Å². The van der Waals surface area contributed by atoms with Crippen molar-refractivity contribution in [2.75, 3.05) is 23.9 Å². The summed E-state index contributed by atoms with van der Waals surface area (Å²) in [5.74, 6) is 0.537. The van der Waals surface area contributed by atoms with E-state index >= 15 is 0 Å². The summed E-state index contributed by atoms with van der Waals surface area (Å²) in [6.45, 7) is 0.422. The van der Waals surface area contributed by atoms with Crippen LogP contribution in [-0.2, 0) is 20.6 Å². The molecule has 0 aliphatic heterocycles. The Bertz CT molecular complexity index is 698. The van der Waals surface area contributed by atoms with Gasteiger partial charge in [-0.3, -0.25) is 4.21 Å². The first-order valence-corrected chi connectivity index (χ1v) is 11.4. The number of sulfone groups is 1. The number of benzene rings is 1. The minimum absolute atomic E-state index is 0.258. The van der Waals surface area contributed by atoms with E-state index in [1.54, 1.807) is 24.5 Å². The van der Waals surface area contributed by atoms with Gasteiger partial charge in [-0.2, -0.15) is 0 Å². The van der Waals surface area contributed by atoms with Crippen LogP contribution in [0.1, 0.15) is 32.1 Å². The fraction of sp³-hybridized carbons (Fsp3) is 0.562. The zero-order chi connectivity index (χ0) is 17.6. The SMILES string of the molecule is CS(=O)CCCNC(=O)Nc1cccc(S(=O)(=O)C2CCCC2)c1. The highest BCUT2D eigenvalue weighted by atomic mass is 32.2. The molecule has 1 aliphatic carbocycles. The van der Waals surface area contributed by atoms with Crippen LogP contribution in [-0.4, -0.2) is 42.5 Å². The van der Waals surface area contributed by atoms with E-state index < -0.39 is 26.7 Å². The van der Waals surface area contributed by atoms with E-state index in [-0.39, 0.29) is 10.1 Å². The average Bonchev–Trinajstić information content (AvgIpc) is 3.07. The van der Waals surface area contributed by atoms with Gasteiger partial charge >= 0.3 is 6.03 Å². The first-order chi connectivity index (χ1) is 11.4. The van der Waals surface area contributed by atoms with E-state index in [2.05, 4.69) is 10.6 Å². The molecular formula is C16H24N2O4S2. The first-order valence-electron chi connectivity index (χ1n) is 8.08. The predicted molar refractivity (Wildman–Crippen MR) is 96.5 cm³/mol. The molecule has 0 aromatic heterocycles. The van der Waals surface area contributed by atoms with Crippen LogP contribution in [0.15, 0.2) is 29.2 Å². The Balaban J connectivity index is 1.95. The number of rotatable bonds is 7. The Morgan fingerprint density at radius 2 is 2.00 bits per heavy atom. The van der Waals surface area contributed by atoms with Gasteiger partial charge in [-0.25, -0.2) is 13.2 Å². The number of carbonyl (C=O) groups excluding carboxylic acids is 1. The number of urea groups is 1. The van der Waals surface area contributed by atoms with Crippen molar-refractivity contribution in [1.29, 1.82) is 0 Å². The van der Waals surface area contributed by atoms with Crippen molar-refractivity contribution in [1.82, 2.24) is 5.32 Å². The van der Waals surface area contributed by atoms with Crippen LogP contribution in [0, 0.1) is 0 Å². The van der Waals surface area contributed by atoms with Crippen molar-refractivity contribution in [2.45, 2.75) is 42.2 Å². The van der Waals surface area contributed by atoms with Gasteiger partial charge in [0.25, 0.3) is 0 Å². The minimum Gasteiger partial charge on any atom is -0.338 e. The maximum atomic E-state index is 12.6.